The molecule has 0 saturated carbocycles. The van der Waals surface area contributed by atoms with Crippen LogP contribution in [0.15, 0.2) is 36.5 Å². The molecule has 0 fully saturated rings. The van der Waals surface area contributed by atoms with Crippen molar-refractivity contribution >= 4 is 0 Å². The van der Waals surface area contributed by atoms with Crippen LogP contribution in [-0.4, -0.2) is 4.98 Å². The van der Waals surface area contributed by atoms with E-state index < -0.39 is 17.6 Å². The minimum Gasteiger partial charge on any atom is -0.439 e. The number of halogens is 4. The Kier molecular flexibility index (Phi) is 3.89. The second-order valence-electron chi connectivity index (χ2n) is 3.95. The Morgan fingerprint density at radius 1 is 1.15 bits per heavy atom. The molecule has 0 amide bonds. The molecule has 1 aromatic carbocycles. The molecule has 0 bridgehead atoms. The Labute approximate surface area is 112 Å². The second-order valence-corrected chi connectivity index (χ2v) is 3.95. The lowest BCUT2D eigenvalue weighted by molar-refractivity contribution is -0.140. The Hall–Kier alpha value is -2.15. The monoisotopic (exact) mass is 286 g/mol. The molecule has 0 aliphatic heterocycles. The predicted molar refractivity (Wildman–Crippen MR) is 63.6 cm³/mol. The Morgan fingerprint density at radius 2 is 1.90 bits per heavy atom. The lowest BCUT2D eigenvalue weighted by atomic mass is 10.2. The predicted octanol–water partition coefficient (Wildman–Crippen LogP) is 3.49. The number of rotatable bonds is 3. The Balaban J connectivity index is 2.30. The number of hydrogen-bond acceptors (Lipinski definition) is 3. The number of aromatic nitrogens is 1. The lowest BCUT2D eigenvalue weighted by Crippen LogP contribution is -2.08. The average Bonchev–Trinajstić information content (AvgIpc) is 2.40. The van der Waals surface area contributed by atoms with Gasteiger partial charge in [0.05, 0.1) is 5.56 Å². The molecule has 2 rings (SSSR count). The summed E-state index contributed by atoms with van der Waals surface area (Å²) >= 11 is 0. The summed E-state index contributed by atoms with van der Waals surface area (Å²) in [6.07, 6.45) is -3.36. The van der Waals surface area contributed by atoms with Crippen LogP contribution < -0.4 is 10.5 Å². The Morgan fingerprint density at radius 3 is 2.55 bits per heavy atom. The summed E-state index contributed by atoms with van der Waals surface area (Å²) in [6, 6.07) is 5.54. The molecule has 1 heterocycles. The molecule has 0 aliphatic rings. The summed E-state index contributed by atoms with van der Waals surface area (Å²) in [5.41, 5.74) is 4.76. The number of hydrogen-bond donors (Lipinski definition) is 1. The average molecular weight is 286 g/mol. The highest BCUT2D eigenvalue weighted by atomic mass is 19.4. The zero-order valence-electron chi connectivity index (χ0n) is 10.1. The van der Waals surface area contributed by atoms with Crippen LogP contribution in [0, 0.1) is 5.82 Å². The van der Waals surface area contributed by atoms with Crippen molar-refractivity contribution in [3.05, 3.63) is 53.5 Å². The number of pyridine rings is 1. The number of nitrogens with two attached hydrogens (primary N) is 1. The molecule has 0 radical (unpaired) electrons. The van der Waals surface area contributed by atoms with Gasteiger partial charge in [0.1, 0.15) is 11.6 Å². The van der Waals surface area contributed by atoms with Crippen molar-refractivity contribution < 1.29 is 22.3 Å². The standard InChI is InChI=1S/C13H10F4N2O/c14-11-2-1-9(6-10(11)13(15,16)17)20-12-5-8(7-18)3-4-19-12/h1-6H,7,18H2. The molecular weight excluding hydrogens is 276 g/mol. The van der Waals surface area contributed by atoms with Crippen molar-refractivity contribution in [2.45, 2.75) is 12.7 Å². The first kappa shape index (κ1) is 14.3. The molecule has 7 heteroatoms. The molecule has 0 aliphatic carbocycles. The van der Waals surface area contributed by atoms with E-state index in [0.717, 1.165) is 6.07 Å². The van der Waals surface area contributed by atoms with Crippen LogP contribution in [0.2, 0.25) is 0 Å². The summed E-state index contributed by atoms with van der Waals surface area (Å²) in [7, 11) is 0. The summed E-state index contributed by atoms with van der Waals surface area (Å²) in [5, 5.41) is 0. The zero-order chi connectivity index (χ0) is 14.8. The molecule has 2 aromatic rings. The van der Waals surface area contributed by atoms with Gasteiger partial charge < -0.3 is 10.5 Å². The number of nitrogens with zero attached hydrogens (tertiary/aromatic N) is 1. The van der Waals surface area contributed by atoms with Crippen molar-refractivity contribution in [3.63, 3.8) is 0 Å². The van der Waals surface area contributed by atoms with E-state index in [-0.39, 0.29) is 18.2 Å². The van der Waals surface area contributed by atoms with E-state index in [9.17, 15) is 17.6 Å². The first-order valence-corrected chi connectivity index (χ1v) is 5.60. The highest BCUT2D eigenvalue weighted by Gasteiger charge is 2.34. The van der Waals surface area contributed by atoms with Crippen LogP contribution in [0.5, 0.6) is 11.6 Å². The molecule has 0 unspecified atom stereocenters. The third-order valence-electron chi connectivity index (χ3n) is 2.50. The van der Waals surface area contributed by atoms with Crippen molar-refractivity contribution in [1.82, 2.24) is 4.98 Å². The molecule has 0 atom stereocenters. The number of alkyl halides is 3. The summed E-state index contributed by atoms with van der Waals surface area (Å²) < 4.78 is 56.0. The fourth-order valence-electron chi connectivity index (χ4n) is 1.54. The summed E-state index contributed by atoms with van der Waals surface area (Å²) in [5.74, 6) is -1.42. The van der Waals surface area contributed by atoms with Crippen LogP contribution in [0.25, 0.3) is 0 Å². The van der Waals surface area contributed by atoms with Gasteiger partial charge in [-0.15, -0.1) is 0 Å². The van der Waals surface area contributed by atoms with Gasteiger partial charge in [-0.3, -0.25) is 0 Å². The van der Waals surface area contributed by atoms with Crippen molar-refractivity contribution in [2.75, 3.05) is 0 Å². The fraction of sp³-hybridized carbons (Fsp3) is 0.154. The molecule has 106 valence electrons. The van der Waals surface area contributed by atoms with E-state index in [0.29, 0.717) is 17.7 Å². The van der Waals surface area contributed by atoms with E-state index in [4.69, 9.17) is 10.5 Å². The summed E-state index contributed by atoms with van der Waals surface area (Å²) in [6.45, 7) is 0.246. The zero-order valence-corrected chi connectivity index (χ0v) is 10.1. The third kappa shape index (κ3) is 3.24. The normalized spacial score (nSPS) is 11.4. The van der Waals surface area contributed by atoms with Gasteiger partial charge in [0.25, 0.3) is 0 Å². The van der Waals surface area contributed by atoms with Crippen LogP contribution in [0.3, 0.4) is 0 Å². The van der Waals surface area contributed by atoms with Crippen LogP contribution in [0.1, 0.15) is 11.1 Å². The van der Waals surface area contributed by atoms with E-state index in [1.54, 1.807) is 6.07 Å². The molecule has 3 nitrogen and oxygen atoms in total. The highest BCUT2D eigenvalue weighted by molar-refractivity contribution is 5.34. The number of benzene rings is 1. The van der Waals surface area contributed by atoms with E-state index >= 15 is 0 Å². The second kappa shape index (κ2) is 5.46. The van der Waals surface area contributed by atoms with Gasteiger partial charge >= 0.3 is 6.18 Å². The maximum Gasteiger partial charge on any atom is 0.419 e. The molecule has 20 heavy (non-hydrogen) atoms. The van der Waals surface area contributed by atoms with Gasteiger partial charge in [-0.05, 0) is 29.8 Å². The molecular formula is C13H10F4N2O. The number of ether oxygens (including phenoxy) is 1. The van der Waals surface area contributed by atoms with Gasteiger partial charge in [-0.25, -0.2) is 9.37 Å². The van der Waals surface area contributed by atoms with Gasteiger partial charge in [0.15, 0.2) is 0 Å². The SMILES string of the molecule is NCc1ccnc(Oc2ccc(F)c(C(F)(F)F)c2)c1. The third-order valence-corrected chi connectivity index (χ3v) is 2.50. The maximum absolute atomic E-state index is 13.1. The molecule has 0 spiro atoms. The van der Waals surface area contributed by atoms with Crippen LogP contribution in [0.4, 0.5) is 17.6 Å². The smallest absolute Gasteiger partial charge is 0.419 e. The van der Waals surface area contributed by atoms with Crippen molar-refractivity contribution in [2.24, 2.45) is 5.73 Å². The molecule has 0 saturated heterocycles. The van der Waals surface area contributed by atoms with Crippen LogP contribution >= 0.6 is 0 Å². The molecule has 1 aromatic heterocycles. The minimum atomic E-state index is -4.78. The van der Waals surface area contributed by atoms with E-state index in [1.165, 1.54) is 12.3 Å². The topological polar surface area (TPSA) is 48.1 Å². The quantitative estimate of drug-likeness (QED) is 0.879. The summed E-state index contributed by atoms with van der Waals surface area (Å²) in [4.78, 5) is 3.84. The van der Waals surface area contributed by atoms with Gasteiger partial charge in [0.2, 0.25) is 5.88 Å². The maximum atomic E-state index is 13.1. The largest absolute Gasteiger partial charge is 0.439 e. The molecule has 2 N–H and O–H groups in total. The lowest BCUT2D eigenvalue weighted by Gasteiger charge is -2.11. The van der Waals surface area contributed by atoms with E-state index in [1.807, 2.05) is 0 Å². The van der Waals surface area contributed by atoms with Gasteiger partial charge in [-0.2, -0.15) is 13.2 Å². The van der Waals surface area contributed by atoms with Crippen molar-refractivity contribution in [3.8, 4) is 11.6 Å². The Bertz CT molecular complexity index is 614. The first-order valence-electron chi connectivity index (χ1n) is 5.60. The van der Waals surface area contributed by atoms with Gasteiger partial charge in [-0.1, -0.05) is 0 Å². The van der Waals surface area contributed by atoms with E-state index in [2.05, 4.69) is 4.98 Å². The first-order chi connectivity index (χ1) is 9.40. The van der Waals surface area contributed by atoms with Crippen molar-refractivity contribution in [1.29, 1.82) is 0 Å². The fourth-order valence-corrected chi connectivity index (χ4v) is 1.54. The van der Waals surface area contributed by atoms with Gasteiger partial charge in [0, 0.05) is 18.8 Å². The highest BCUT2D eigenvalue weighted by Crippen LogP contribution is 2.34. The van der Waals surface area contributed by atoms with Crippen LogP contribution in [-0.2, 0) is 12.7 Å². The minimum absolute atomic E-state index is 0.0904.